The summed E-state index contributed by atoms with van der Waals surface area (Å²) in [5.74, 6) is -1.76. The maximum atomic E-state index is 13.6. The van der Waals surface area contributed by atoms with E-state index in [2.05, 4.69) is 15.2 Å². The highest BCUT2D eigenvalue weighted by atomic mass is 19.4. The number of carbonyl (C=O) groups excluding carboxylic acids is 1. The predicted octanol–water partition coefficient (Wildman–Crippen LogP) is 3.96. The fourth-order valence-corrected chi connectivity index (χ4v) is 3.65. The van der Waals surface area contributed by atoms with Gasteiger partial charge in [-0.1, -0.05) is 6.42 Å². The van der Waals surface area contributed by atoms with Crippen molar-refractivity contribution in [3.63, 3.8) is 0 Å². The summed E-state index contributed by atoms with van der Waals surface area (Å²) in [6.07, 6.45) is -0.951. The van der Waals surface area contributed by atoms with Crippen LogP contribution in [0.5, 0.6) is 0 Å². The van der Waals surface area contributed by atoms with Crippen LogP contribution in [0, 0.1) is 5.82 Å². The van der Waals surface area contributed by atoms with Crippen molar-refractivity contribution in [2.45, 2.75) is 43.9 Å². The largest absolute Gasteiger partial charge is 0.425 e. The number of aliphatic hydroxyl groups is 1. The molecule has 0 aliphatic rings. The van der Waals surface area contributed by atoms with E-state index in [1.165, 1.54) is 37.3 Å². The van der Waals surface area contributed by atoms with Crippen molar-refractivity contribution in [3.8, 4) is 11.3 Å². The van der Waals surface area contributed by atoms with Gasteiger partial charge in [0.05, 0.1) is 12.1 Å². The minimum atomic E-state index is -5.06. The van der Waals surface area contributed by atoms with E-state index in [0.717, 1.165) is 34.9 Å². The second-order valence-corrected chi connectivity index (χ2v) is 8.31. The summed E-state index contributed by atoms with van der Waals surface area (Å²) in [5.41, 5.74) is -0.938. The Kier molecular flexibility index (Phi) is 7.75. The molecule has 184 valence electrons. The monoisotopic (exact) mass is 481 g/mol. The molecule has 0 aliphatic heterocycles. The average molecular weight is 481 g/mol. The van der Waals surface area contributed by atoms with Gasteiger partial charge in [0.25, 0.3) is 0 Å². The summed E-state index contributed by atoms with van der Waals surface area (Å²) in [6, 6.07) is 7.92. The first-order valence-electron chi connectivity index (χ1n) is 10.8. The number of alkyl halides is 3. The molecule has 1 atom stereocenters. The fraction of sp³-hybridized carbons (Fsp3) is 0.435. The van der Waals surface area contributed by atoms with E-state index in [1.807, 2.05) is 6.07 Å². The van der Waals surface area contributed by atoms with Gasteiger partial charge in [-0.25, -0.2) is 9.37 Å². The van der Waals surface area contributed by atoms with Crippen LogP contribution in [0.15, 0.2) is 42.7 Å². The van der Waals surface area contributed by atoms with Gasteiger partial charge >= 0.3 is 6.18 Å². The molecule has 3 aromatic rings. The second kappa shape index (κ2) is 10.4. The Hall–Kier alpha value is -3.21. The maximum absolute atomic E-state index is 13.6. The lowest BCUT2D eigenvalue weighted by Crippen LogP contribution is -2.48. The zero-order chi connectivity index (χ0) is 24.9. The minimum Gasteiger partial charge on any atom is -0.374 e. The molecule has 0 saturated carbocycles. The molecule has 2 heterocycles. The molecule has 1 unspecified atom stereocenters. The number of aromatic amines is 1. The van der Waals surface area contributed by atoms with E-state index in [9.17, 15) is 27.5 Å². The number of benzene rings is 1. The van der Waals surface area contributed by atoms with Crippen LogP contribution in [0.1, 0.15) is 37.2 Å². The summed E-state index contributed by atoms with van der Waals surface area (Å²) in [6.45, 7) is 0.261. The number of imidazole rings is 1. The molecule has 0 spiro atoms. The Labute approximate surface area is 194 Å². The number of amides is 1. The Morgan fingerprint density at radius 2 is 1.88 bits per heavy atom. The second-order valence-electron chi connectivity index (χ2n) is 8.31. The van der Waals surface area contributed by atoms with Crippen LogP contribution in [0.3, 0.4) is 0 Å². The number of halogens is 4. The number of unbranched alkanes of at least 4 members (excludes halogenated alkanes) is 2. The van der Waals surface area contributed by atoms with Crippen LogP contribution in [0.4, 0.5) is 17.6 Å². The van der Waals surface area contributed by atoms with Crippen molar-refractivity contribution >= 4 is 5.91 Å². The number of hydrogen-bond donors (Lipinski definition) is 2. The molecule has 0 bridgehead atoms. The molecule has 11 heteroatoms. The molecule has 1 amide bonds. The molecule has 34 heavy (non-hydrogen) atoms. The van der Waals surface area contributed by atoms with E-state index in [1.54, 1.807) is 12.1 Å². The number of aryl methyl sites for hydroxylation is 2. The van der Waals surface area contributed by atoms with E-state index in [0.29, 0.717) is 18.5 Å². The van der Waals surface area contributed by atoms with Gasteiger partial charge in [0.1, 0.15) is 5.82 Å². The summed E-state index contributed by atoms with van der Waals surface area (Å²) in [4.78, 5) is 17.2. The van der Waals surface area contributed by atoms with Crippen molar-refractivity contribution in [2.75, 3.05) is 13.6 Å². The predicted molar refractivity (Wildman–Crippen MR) is 117 cm³/mol. The molecular formula is C23H27F4N5O2. The number of rotatable bonds is 10. The molecule has 0 radical (unpaired) electrons. The number of carbonyl (C=O) groups is 1. The smallest absolute Gasteiger partial charge is 0.374 e. The lowest BCUT2D eigenvalue weighted by molar-refractivity contribution is -0.271. The van der Waals surface area contributed by atoms with Crippen LogP contribution in [-0.4, -0.2) is 55.4 Å². The van der Waals surface area contributed by atoms with Crippen molar-refractivity contribution < 1.29 is 27.5 Å². The van der Waals surface area contributed by atoms with Gasteiger partial charge in [-0.05, 0) is 49.6 Å². The Morgan fingerprint density at radius 3 is 2.50 bits per heavy atom. The number of hydrogen-bond acceptors (Lipinski definition) is 4. The van der Waals surface area contributed by atoms with Gasteiger partial charge in [0, 0.05) is 44.3 Å². The molecule has 1 aromatic carbocycles. The highest BCUT2D eigenvalue weighted by Gasteiger charge is 2.58. The normalized spacial score (nSPS) is 13.6. The Balaban J connectivity index is 1.46. The summed E-state index contributed by atoms with van der Waals surface area (Å²) >= 11 is 0. The first kappa shape index (κ1) is 25.4. The van der Waals surface area contributed by atoms with Gasteiger partial charge in [0.2, 0.25) is 11.5 Å². The standard InChI is InChI=1S/C23H27F4N5O2/c1-31(20(33)15-22(34,23(25,26)27)21-28-11-13-32(21)2)12-5-3-4-6-18-14-19(30-29-18)16-7-9-17(24)10-8-16/h7-11,13-14,34H,3-6,12,15H2,1-2H3,(H,29,30). The van der Waals surface area contributed by atoms with Gasteiger partial charge < -0.3 is 14.6 Å². The van der Waals surface area contributed by atoms with Crippen molar-refractivity contribution in [1.29, 1.82) is 0 Å². The van der Waals surface area contributed by atoms with E-state index >= 15 is 0 Å². The lowest BCUT2D eigenvalue weighted by atomic mass is 9.96. The number of aromatic nitrogens is 4. The van der Waals surface area contributed by atoms with E-state index in [4.69, 9.17) is 0 Å². The summed E-state index contributed by atoms with van der Waals surface area (Å²) in [5, 5.41) is 17.5. The molecule has 2 N–H and O–H groups in total. The average Bonchev–Trinajstić information content (AvgIpc) is 3.42. The van der Waals surface area contributed by atoms with Crippen LogP contribution < -0.4 is 0 Å². The Morgan fingerprint density at radius 1 is 1.18 bits per heavy atom. The molecule has 3 rings (SSSR count). The van der Waals surface area contributed by atoms with Crippen molar-refractivity contribution in [1.82, 2.24) is 24.6 Å². The van der Waals surface area contributed by atoms with E-state index in [-0.39, 0.29) is 12.4 Å². The quantitative estimate of drug-likeness (QED) is 0.339. The van der Waals surface area contributed by atoms with Gasteiger partial charge in [-0.15, -0.1) is 0 Å². The third kappa shape index (κ3) is 5.82. The SMILES string of the molecule is CN(CCCCCc1cc(-c2ccc(F)cc2)n[nH]1)C(=O)CC(O)(c1nccn1C)C(F)(F)F. The number of nitrogens with one attached hydrogen (secondary N) is 1. The van der Waals surface area contributed by atoms with Crippen LogP contribution in [0.25, 0.3) is 11.3 Å². The van der Waals surface area contributed by atoms with Gasteiger partial charge in [0.15, 0.2) is 5.82 Å². The highest BCUT2D eigenvalue weighted by molar-refractivity contribution is 5.77. The molecule has 0 fully saturated rings. The molecule has 0 saturated heterocycles. The lowest BCUT2D eigenvalue weighted by Gasteiger charge is -2.31. The molecule has 7 nitrogen and oxygen atoms in total. The highest BCUT2D eigenvalue weighted by Crippen LogP contribution is 2.41. The maximum Gasteiger partial charge on any atom is 0.425 e. The molecular weight excluding hydrogens is 454 g/mol. The van der Waals surface area contributed by atoms with Crippen molar-refractivity contribution in [2.24, 2.45) is 7.05 Å². The molecule has 0 aliphatic carbocycles. The van der Waals surface area contributed by atoms with Crippen LogP contribution in [-0.2, 0) is 23.9 Å². The minimum absolute atomic E-state index is 0.261. The van der Waals surface area contributed by atoms with Gasteiger partial charge in [-0.3, -0.25) is 9.89 Å². The summed E-state index contributed by atoms with van der Waals surface area (Å²) < 4.78 is 54.9. The number of H-pyrrole nitrogens is 1. The third-order valence-electron chi connectivity index (χ3n) is 5.70. The topological polar surface area (TPSA) is 87.0 Å². The first-order chi connectivity index (χ1) is 16.0. The van der Waals surface area contributed by atoms with Crippen LogP contribution >= 0.6 is 0 Å². The summed E-state index contributed by atoms with van der Waals surface area (Å²) in [7, 11) is 2.75. The number of nitrogens with zero attached hydrogens (tertiary/aromatic N) is 4. The zero-order valence-electron chi connectivity index (χ0n) is 18.9. The third-order valence-corrected chi connectivity index (χ3v) is 5.70. The van der Waals surface area contributed by atoms with Gasteiger partial charge in [-0.2, -0.15) is 18.3 Å². The first-order valence-corrected chi connectivity index (χ1v) is 10.8. The zero-order valence-corrected chi connectivity index (χ0v) is 18.9. The van der Waals surface area contributed by atoms with Crippen LogP contribution in [0.2, 0.25) is 0 Å². The Bertz CT molecular complexity index is 1090. The fourth-order valence-electron chi connectivity index (χ4n) is 3.65. The molecule has 2 aromatic heterocycles. The van der Waals surface area contributed by atoms with E-state index < -0.39 is 29.9 Å². The van der Waals surface area contributed by atoms with Crippen molar-refractivity contribution in [3.05, 3.63) is 60.1 Å².